The highest BCUT2D eigenvalue weighted by atomic mass is 19.1. The van der Waals surface area contributed by atoms with Crippen LogP contribution in [0.25, 0.3) is 0 Å². The number of amides is 3. The van der Waals surface area contributed by atoms with Crippen molar-refractivity contribution in [2.75, 3.05) is 45.2 Å². The van der Waals surface area contributed by atoms with Gasteiger partial charge in [0.15, 0.2) is 0 Å². The van der Waals surface area contributed by atoms with Crippen LogP contribution in [0.1, 0.15) is 15.9 Å². The summed E-state index contributed by atoms with van der Waals surface area (Å²) in [6, 6.07) is 9.96. The van der Waals surface area contributed by atoms with Crippen molar-refractivity contribution in [3.05, 3.63) is 65.2 Å². The highest BCUT2D eigenvalue weighted by molar-refractivity contribution is 5.97. The second kappa shape index (κ2) is 9.00. The van der Waals surface area contributed by atoms with Gasteiger partial charge in [0, 0.05) is 55.6 Å². The van der Waals surface area contributed by atoms with E-state index in [1.807, 2.05) is 19.0 Å². The smallest absolute Gasteiger partial charge is 0.321 e. The molecule has 0 spiro atoms. The van der Waals surface area contributed by atoms with Gasteiger partial charge in [-0.15, -0.1) is 0 Å². The third kappa shape index (κ3) is 5.08. The zero-order valence-electron chi connectivity index (χ0n) is 16.5. The Morgan fingerprint density at radius 3 is 2.41 bits per heavy atom. The molecule has 0 aromatic heterocycles. The fourth-order valence-corrected chi connectivity index (χ4v) is 3.11. The van der Waals surface area contributed by atoms with E-state index >= 15 is 0 Å². The number of urea groups is 1. The van der Waals surface area contributed by atoms with E-state index in [2.05, 4.69) is 5.32 Å². The third-order valence-corrected chi connectivity index (χ3v) is 4.76. The van der Waals surface area contributed by atoms with Crippen molar-refractivity contribution in [2.45, 2.75) is 6.54 Å². The zero-order valence-corrected chi connectivity index (χ0v) is 16.5. The first-order chi connectivity index (χ1) is 13.8. The summed E-state index contributed by atoms with van der Waals surface area (Å²) >= 11 is 0. The number of benzene rings is 2. The summed E-state index contributed by atoms with van der Waals surface area (Å²) in [6.07, 6.45) is 0. The van der Waals surface area contributed by atoms with E-state index in [0.717, 1.165) is 6.07 Å². The van der Waals surface area contributed by atoms with Gasteiger partial charge < -0.3 is 15.1 Å². The van der Waals surface area contributed by atoms with Gasteiger partial charge in [0.25, 0.3) is 5.91 Å². The molecule has 154 valence electrons. The van der Waals surface area contributed by atoms with Crippen LogP contribution < -0.4 is 10.2 Å². The van der Waals surface area contributed by atoms with Gasteiger partial charge in [-0.3, -0.25) is 9.69 Å². The number of carbonyl (C=O) groups is 2. The Labute approximate surface area is 168 Å². The molecule has 1 aliphatic heterocycles. The molecule has 0 aliphatic carbocycles. The first-order valence-corrected chi connectivity index (χ1v) is 9.38. The fraction of sp³-hybridized carbons (Fsp3) is 0.333. The van der Waals surface area contributed by atoms with Gasteiger partial charge in [-0.25, -0.2) is 13.6 Å². The van der Waals surface area contributed by atoms with E-state index < -0.39 is 11.6 Å². The summed E-state index contributed by atoms with van der Waals surface area (Å²) in [7, 11) is 3.77. The van der Waals surface area contributed by atoms with Crippen molar-refractivity contribution in [3.63, 3.8) is 0 Å². The lowest BCUT2D eigenvalue weighted by Gasteiger charge is -2.25. The Hall–Kier alpha value is -3.00. The standard InChI is InChI=1S/C21H24F2N4O2/c1-25(2)11-12-26(14-16-3-6-17(22)13-19(16)23)20(28)15-4-7-18(8-5-15)27-10-9-24-21(27)29/h3-8,13H,9-12,14H2,1-2H3,(H,24,29). The largest absolute Gasteiger partial charge is 0.336 e. The van der Waals surface area contributed by atoms with Crippen molar-refractivity contribution in [1.82, 2.24) is 15.1 Å². The number of likely N-dealkylation sites (N-methyl/N-ethyl adjacent to an activating group) is 1. The Balaban J connectivity index is 1.79. The predicted molar refractivity (Wildman–Crippen MR) is 107 cm³/mol. The van der Waals surface area contributed by atoms with Crippen LogP contribution in [0.15, 0.2) is 42.5 Å². The quantitative estimate of drug-likeness (QED) is 0.775. The van der Waals surface area contributed by atoms with E-state index in [9.17, 15) is 18.4 Å². The van der Waals surface area contributed by atoms with E-state index in [4.69, 9.17) is 0 Å². The van der Waals surface area contributed by atoms with Crippen molar-refractivity contribution in [3.8, 4) is 0 Å². The summed E-state index contributed by atoms with van der Waals surface area (Å²) < 4.78 is 27.3. The van der Waals surface area contributed by atoms with Gasteiger partial charge >= 0.3 is 6.03 Å². The maximum absolute atomic E-state index is 14.1. The van der Waals surface area contributed by atoms with Gasteiger partial charge in [-0.1, -0.05) is 6.07 Å². The van der Waals surface area contributed by atoms with Crippen LogP contribution in [0.3, 0.4) is 0 Å². The first-order valence-electron chi connectivity index (χ1n) is 9.38. The number of nitrogens with one attached hydrogen (secondary N) is 1. The molecule has 1 saturated heterocycles. The molecule has 8 heteroatoms. The number of hydrogen-bond donors (Lipinski definition) is 1. The lowest BCUT2D eigenvalue weighted by atomic mass is 10.1. The maximum Gasteiger partial charge on any atom is 0.321 e. The molecule has 1 N–H and O–H groups in total. The topological polar surface area (TPSA) is 55.9 Å². The summed E-state index contributed by atoms with van der Waals surface area (Å²) in [5.74, 6) is -1.59. The third-order valence-electron chi connectivity index (χ3n) is 4.76. The SMILES string of the molecule is CN(C)CCN(Cc1ccc(F)cc1F)C(=O)c1ccc(N2CCNC2=O)cc1. The number of carbonyl (C=O) groups excluding carboxylic acids is 2. The lowest BCUT2D eigenvalue weighted by Crippen LogP contribution is -2.36. The predicted octanol–water partition coefficient (Wildman–Crippen LogP) is 2.70. The Kier molecular flexibility index (Phi) is 6.43. The molecule has 0 atom stereocenters. The monoisotopic (exact) mass is 402 g/mol. The summed E-state index contributed by atoms with van der Waals surface area (Å²) in [5.41, 5.74) is 1.40. The van der Waals surface area contributed by atoms with Gasteiger partial charge in [-0.05, 0) is 44.4 Å². The van der Waals surface area contributed by atoms with Gasteiger partial charge in [-0.2, -0.15) is 0 Å². The van der Waals surface area contributed by atoms with Crippen LogP contribution in [0.2, 0.25) is 0 Å². The van der Waals surface area contributed by atoms with Crippen LogP contribution in [0, 0.1) is 11.6 Å². The summed E-state index contributed by atoms with van der Waals surface area (Å²) in [5, 5.41) is 2.73. The van der Waals surface area contributed by atoms with Gasteiger partial charge in [0.1, 0.15) is 11.6 Å². The molecule has 1 aliphatic rings. The Morgan fingerprint density at radius 1 is 1.10 bits per heavy atom. The number of hydrogen-bond acceptors (Lipinski definition) is 3. The Morgan fingerprint density at radius 2 is 1.83 bits per heavy atom. The number of halogens is 2. The van der Waals surface area contributed by atoms with Crippen LogP contribution in [-0.4, -0.2) is 62.0 Å². The van der Waals surface area contributed by atoms with Crippen LogP contribution >= 0.6 is 0 Å². The minimum atomic E-state index is -0.678. The number of rotatable bonds is 7. The fourth-order valence-electron chi connectivity index (χ4n) is 3.11. The normalized spacial score (nSPS) is 13.7. The number of anilines is 1. The first kappa shape index (κ1) is 20.7. The zero-order chi connectivity index (χ0) is 21.0. The molecular weight excluding hydrogens is 378 g/mol. The number of nitrogens with zero attached hydrogens (tertiary/aromatic N) is 3. The molecule has 1 heterocycles. The van der Waals surface area contributed by atoms with E-state index in [1.165, 1.54) is 17.0 Å². The van der Waals surface area contributed by atoms with Gasteiger partial charge in [0.2, 0.25) is 0 Å². The van der Waals surface area contributed by atoms with E-state index in [0.29, 0.717) is 37.4 Å². The molecule has 6 nitrogen and oxygen atoms in total. The maximum atomic E-state index is 14.1. The molecule has 0 radical (unpaired) electrons. The molecule has 2 aromatic rings. The molecule has 0 saturated carbocycles. The van der Waals surface area contributed by atoms with Crippen molar-refractivity contribution in [2.24, 2.45) is 0 Å². The molecule has 0 unspecified atom stereocenters. The highest BCUT2D eigenvalue weighted by Crippen LogP contribution is 2.19. The molecule has 3 rings (SSSR count). The van der Waals surface area contributed by atoms with Crippen molar-refractivity contribution < 1.29 is 18.4 Å². The van der Waals surface area contributed by atoms with Crippen molar-refractivity contribution >= 4 is 17.6 Å². The van der Waals surface area contributed by atoms with Crippen molar-refractivity contribution in [1.29, 1.82) is 0 Å². The van der Waals surface area contributed by atoms with Crippen LogP contribution in [0.4, 0.5) is 19.3 Å². The molecule has 0 bridgehead atoms. The molecule has 2 aromatic carbocycles. The van der Waals surface area contributed by atoms with E-state index in [-0.39, 0.29) is 24.0 Å². The van der Waals surface area contributed by atoms with E-state index in [1.54, 1.807) is 29.2 Å². The van der Waals surface area contributed by atoms with Crippen LogP contribution in [0.5, 0.6) is 0 Å². The minimum Gasteiger partial charge on any atom is -0.336 e. The second-order valence-corrected chi connectivity index (χ2v) is 7.20. The van der Waals surface area contributed by atoms with Crippen LogP contribution in [-0.2, 0) is 6.54 Å². The molecule has 1 fully saturated rings. The molecule has 3 amide bonds. The summed E-state index contributed by atoms with van der Waals surface area (Å²) in [6.45, 7) is 2.18. The molecular formula is C21H24F2N4O2. The average Bonchev–Trinajstić information content (AvgIpc) is 3.12. The van der Waals surface area contributed by atoms with Gasteiger partial charge in [0.05, 0.1) is 0 Å². The highest BCUT2D eigenvalue weighted by Gasteiger charge is 2.22. The molecule has 29 heavy (non-hydrogen) atoms. The summed E-state index contributed by atoms with van der Waals surface area (Å²) in [4.78, 5) is 29.9. The average molecular weight is 402 g/mol. The Bertz CT molecular complexity index is 887. The second-order valence-electron chi connectivity index (χ2n) is 7.20. The lowest BCUT2D eigenvalue weighted by molar-refractivity contribution is 0.0730. The minimum absolute atomic E-state index is 0.0368.